The first-order valence-corrected chi connectivity index (χ1v) is 6.52. The summed E-state index contributed by atoms with van der Waals surface area (Å²) in [5.41, 5.74) is 1.63. The maximum atomic E-state index is 9.52. The molecule has 0 aromatic carbocycles. The van der Waals surface area contributed by atoms with E-state index in [0.29, 0.717) is 6.42 Å². The molecule has 1 aliphatic carbocycles. The second-order valence-corrected chi connectivity index (χ2v) is 4.76. The van der Waals surface area contributed by atoms with E-state index in [4.69, 9.17) is 0 Å². The number of aromatic nitrogens is 2. The monoisotopic (exact) mass is 260 g/mol. The quantitative estimate of drug-likeness (QED) is 0.779. The van der Waals surface area contributed by atoms with Gasteiger partial charge in [-0.1, -0.05) is 18.2 Å². The summed E-state index contributed by atoms with van der Waals surface area (Å²) in [6.07, 6.45) is 16.0. The van der Waals surface area contributed by atoms with Crippen LogP contribution in [0.5, 0.6) is 0 Å². The maximum Gasteiger partial charge on any atom is 0.275 e. The van der Waals surface area contributed by atoms with Gasteiger partial charge in [-0.25, -0.2) is 0 Å². The summed E-state index contributed by atoms with van der Waals surface area (Å²) in [5.74, 6) is 0. The molecule has 0 saturated carbocycles. The second kappa shape index (κ2) is 5.10. The molecule has 2 heterocycles. The number of hydrogen-bond acceptors (Lipinski definition) is 2. The fourth-order valence-electron chi connectivity index (χ4n) is 2.37. The third kappa shape index (κ3) is 2.12. The first kappa shape index (κ1) is 12.3. The van der Waals surface area contributed by atoms with Gasteiger partial charge in [0.05, 0.1) is 0 Å². The van der Waals surface area contributed by atoms with Crippen LogP contribution in [0.1, 0.15) is 6.42 Å². The van der Waals surface area contributed by atoms with E-state index in [1.165, 1.54) is 0 Å². The molecule has 3 nitrogen and oxygen atoms in total. The van der Waals surface area contributed by atoms with E-state index in [-0.39, 0.29) is 0 Å². The number of nitrogens with zero attached hydrogens (tertiary/aromatic N) is 3. The fourth-order valence-corrected chi connectivity index (χ4v) is 2.37. The van der Waals surface area contributed by atoms with Crippen LogP contribution in [-0.4, -0.2) is 4.98 Å². The second-order valence-electron chi connectivity index (χ2n) is 4.76. The largest absolute Gasteiger partial charge is 0.275 e. The summed E-state index contributed by atoms with van der Waals surface area (Å²) in [7, 11) is 0. The Morgan fingerprint density at radius 1 is 1.05 bits per heavy atom. The number of allylic oxidation sites excluding steroid dienone is 4. The van der Waals surface area contributed by atoms with Crippen LogP contribution in [0.25, 0.3) is 11.1 Å². The van der Waals surface area contributed by atoms with Crippen molar-refractivity contribution < 1.29 is 4.57 Å². The molecule has 0 spiro atoms. The molecule has 0 saturated heterocycles. The first-order valence-electron chi connectivity index (χ1n) is 6.52. The van der Waals surface area contributed by atoms with Gasteiger partial charge in [-0.3, -0.25) is 4.98 Å². The van der Waals surface area contributed by atoms with Crippen LogP contribution < -0.4 is 4.57 Å². The Labute approximate surface area is 118 Å². The van der Waals surface area contributed by atoms with Crippen molar-refractivity contribution in [1.82, 2.24) is 4.98 Å². The molecule has 1 aliphatic rings. The van der Waals surface area contributed by atoms with Gasteiger partial charge in [0.1, 0.15) is 6.07 Å². The summed E-state index contributed by atoms with van der Waals surface area (Å²) < 4.78 is 1.96. The first-order chi connectivity index (χ1) is 9.84. The van der Waals surface area contributed by atoms with Gasteiger partial charge in [0.25, 0.3) is 5.54 Å². The zero-order valence-electron chi connectivity index (χ0n) is 11.0. The lowest BCUT2D eigenvalue weighted by molar-refractivity contribution is -0.738. The van der Waals surface area contributed by atoms with Crippen LogP contribution in [-0.2, 0) is 5.54 Å². The molecule has 0 N–H and O–H groups in total. The van der Waals surface area contributed by atoms with Crippen molar-refractivity contribution in [1.29, 1.82) is 5.26 Å². The van der Waals surface area contributed by atoms with Crippen LogP contribution in [0.15, 0.2) is 73.4 Å². The Bertz CT molecular complexity index is 693. The number of pyridine rings is 2. The number of nitriles is 1. The minimum absolute atomic E-state index is 0.606. The molecule has 0 fully saturated rings. The molecule has 0 aliphatic heterocycles. The molecule has 0 radical (unpaired) electrons. The highest BCUT2D eigenvalue weighted by Crippen LogP contribution is 2.21. The maximum absolute atomic E-state index is 9.52. The van der Waals surface area contributed by atoms with Crippen LogP contribution in [0.2, 0.25) is 0 Å². The SMILES string of the molecule is N#CC1([n+]2ccc(-c3ccncc3)cc2)C=CC=CC1. The van der Waals surface area contributed by atoms with E-state index in [1.807, 2.05) is 65.5 Å². The molecule has 3 rings (SSSR count). The number of hydrogen-bond donors (Lipinski definition) is 0. The van der Waals surface area contributed by atoms with Crippen LogP contribution in [0, 0.1) is 11.3 Å². The van der Waals surface area contributed by atoms with Crippen molar-refractivity contribution in [2.24, 2.45) is 0 Å². The van der Waals surface area contributed by atoms with E-state index in [9.17, 15) is 5.26 Å². The molecule has 0 bridgehead atoms. The Morgan fingerprint density at radius 2 is 1.75 bits per heavy atom. The average Bonchev–Trinajstić information content (AvgIpc) is 2.56. The highest BCUT2D eigenvalue weighted by molar-refractivity contribution is 5.61. The topological polar surface area (TPSA) is 40.6 Å². The Hall–Kier alpha value is -2.73. The predicted octanol–water partition coefficient (Wildman–Crippen LogP) is 2.77. The lowest BCUT2D eigenvalue weighted by atomic mass is 9.92. The Morgan fingerprint density at radius 3 is 2.35 bits per heavy atom. The summed E-state index contributed by atoms with van der Waals surface area (Å²) in [5, 5.41) is 9.52. The summed E-state index contributed by atoms with van der Waals surface area (Å²) in [4.78, 5) is 4.02. The molecule has 20 heavy (non-hydrogen) atoms. The fraction of sp³-hybridized carbons (Fsp3) is 0.118. The molecule has 96 valence electrons. The molecule has 2 aromatic rings. The third-order valence-corrected chi connectivity index (χ3v) is 3.55. The average molecular weight is 260 g/mol. The molecular weight excluding hydrogens is 246 g/mol. The molecule has 3 heteroatoms. The van der Waals surface area contributed by atoms with Gasteiger partial charge < -0.3 is 0 Å². The van der Waals surface area contributed by atoms with Crippen LogP contribution in [0.4, 0.5) is 0 Å². The smallest absolute Gasteiger partial charge is 0.265 e. The Kier molecular flexibility index (Phi) is 3.14. The molecule has 2 aromatic heterocycles. The minimum Gasteiger partial charge on any atom is -0.265 e. The molecule has 0 amide bonds. The number of rotatable bonds is 2. The lowest BCUT2D eigenvalue weighted by Gasteiger charge is -2.17. The van der Waals surface area contributed by atoms with Gasteiger partial charge in [0.15, 0.2) is 12.4 Å². The van der Waals surface area contributed by atoms with Gasteiger partial charge >= 0.3 is 0 Å². The van der Waals surface area contributed by atoms with Gasteiger partial charge in [0.2, 0.25) is 0 Å². The van der Waals surface area contributed by atoms with Crippen molar-refractivity contribution >= 4 is 0 Å². The zero-order chi connectivity index (χ0) is 13.8. The third-order valence-electron chi connectivity index (χ3n) is 3.55. The van der Waals surface area contributed by atoms with Crippen LogP contribution >= 0.6 is 0 Å². The van der Waals surface area contributed by atoms with Crippen molar-refractivity contribution in [2.75, 3.05) is 0 Å². The molecule has 1 unspecified atom stereocenters. The van der Waals surface area contributed by atoms with E-state index in [2.05, 4.69) is 11.1 Å². The van der Waals surface area contributed by atoms with Gasteiger partial charge in [-0.2, -0.15) is 9.83 Å². The normalized spacial score (nSPS) is 20.6. The molecular formula is C17H14N3+. The van der Waals surface area contributed by atoms with E-state index >= 15 is 0 Å². The van der Waals surface area contributed by atoms with Crippen molar-refractivity contribution in [3.8, 4) is 17.2 Å². The van der Waals surface area contributed by atoms with Crippen molar-refractivity contribution in [2.45, 2.75) is 12.0 Å². The molecule has 1 atom stereocenters. The van der Waals surface area contributed by atoms with Gasteiger partial charge in [-0.05, 0) is 23.3 Å². The summed E-state index contributed by atoms with van der Waals surface area (Å²) >= 11 is 0. The standard InChI is InChI=1S/C17H14N3/c18-14-17(8-2-1-3-9-17)20-12-6-16(7-13-20)15-4-10-19-11-5-15/h1-8,10-13H,9H2/q+1. The van der Waals surface area contributed by atoms with Crippen molar-refractivity contribution in [3.05, 3.63) is 73.4 Å². The highest BCUT2D eigenvalue weighted by atomic mass is 15.0. The highest BCUT2D eigenvalue weighted by Gasteiger charge is 2.36. The van der Waals surface area contributed by atoms with Gasteiger partial charge in [-0.15, -0.1) is 0 Å². The van der Waals surface area contributed by atoms with E-state index in [1.54, 1.807) is 12.4 Å². The summed E-state index contributed by atoms with van der Waals surface area (Å²) in [6.45, 7) is 0. The van der Waals surface area contributed by atoms with Gasteiger partial charge in [0, 0.05) is 37.0 Å². The van der Waals surface area contributed by atoms with E-state index < -0.39 is 5.54 Å². The van der Waals surface area contributed by atoms with Crippen LogP contribution in [0.3, 0.4) is 0 Å². The lowest BCUT2D eigenvalue weighted by Crippen LogP contribution is -2.53. The predicted molar refractivity (Wildman–Crippen MR) is 76.4 cm³/mol. The van der Waals surface area contributed by atoms with E-state index in [0.717, 1.165) is 11.1 Å². The minimum atomic E-state index is -0.606. The zero-order valence-corrected chi connectivity index (χ0v) is 11.0. The van der Waals surface area contributed by atoms with Crippen molar-refractivity contribution in [3.63, 3.8) is 0 Å². The summed E-state index contributed by atoms with van der Waals surface area (Å²) in [6, 6.07) is 10.4. The Balaban J connectivity index is 1.96.